The molecule has 0 amide bonds. The zero-order valence-corrected chi connectivity index (χ0v) is 19.5. The van der Waals surface area contributed by atoms with E-state index < -0.39 is 12.1 Å². The van der Waals surface area contributed by atoms with E-state index in [1.807, 2.05) is 46.3 Å². The van der Waals surface area contributed by atoms with Crippen LogP contribution in [0.15, 0.2) is 66.2 Å². The molecule has 0 saturated carbocycles. The number of pyridine rings is 1. The van der Waals surface area contributed by atoms with Gasteiger partial charge in [-0.2, -0.15) is 18.3 Å². The number of nitrogens with one attached hydrogen (secondary N) is 1. The van der Waals surface area contributed by atoms with Crippen molar-refractivity contribution in [2.24, 2.45) is 0 Å². The molecule has 1 fully saturated rings. The second-order valence-corrected chi connectivity index (χ2v) is 9.15. The highest BCUT2D eigenvalue weighted by molar-refractivity contribution is 7.09. The number of aromatic nitrogens is 3. The zero-order valence-electron chi connectivity index (χ0n) is 18.7. The van der Waals surface area contributed by atoms with E-state index in [9.17, 15) is 13.2 Å². The van der Waals surface area contributed by atoms with E-state index in [4.69, 9.17) is 20.0 Å². The number of carboxylic acids is 1. The fraction of sp³-hybridized carbons (Fsp3) is 0.292. The lowest BCUT2D eigenvalue weighted by Crippen LogP contribution is -2.32. The average Bonchev–Trinajstić information content (AvgIpc) is 3.50. The van der Waals surface area contributed by atoms with Gasteiger partial charge >= 0.3 is 12.1 Å². The van der Waals surface area contributed by atoms with Gasteiger partial charge in [0.15, 0.2) is 11.5 Å². The maximum Gasteiger partial charge on any atom is 0.490 e. The van der Waals surface area contributed by atoms with Crippen LogP contribution in [0.4, 0.5) is 24.5 Å². The predicted molar refractivity (Wildman–Crippen MR) is 128 cm³/mol. The summed E-state index contributed by atoms with van der Waals surface area (Å²) in [6.45, 7) is 3.29. The molecule has 184 valence electrons. The molecular formula is C24H24F3N5O2S. The third-order valence-electron chi connectivity index (χ3n) is 5.56. The van der Waals surface area contributed by atoms with Crippen molar-refractivity contribution in [3.8, 4) is 0 Å². The summed E-state index contributed by atoms with van der Waals surface area (Å²) >= 11 is 1.84. The van der Waals surface area contributed by atoms with Crippen LogP contribution in [-0.2, 0) is 11.3 Å². The number of alkyl halides is 3. The SMILES string of the molecule is O=C(O)C(F)(F)F.c1ccc(Nc2ccc3nc(C4CCN(Cc5cccs5)CC4)nn3c2)cc1. The van der Waals surface area contributed by atoms with Crippen molar-refractivity contribution in [3.63, 3.8) is 0 Å². The molecule has 1 aliphatic rings. The molecule has 1 aliphatic heterocycles. The van der Waals surface area contributed by atoms with E-state index >= 15 is 0 Å². The molecule has 7 nitrogen and oxygen atoms in total. The summed E-state index contributed by atoms with van der Waals surface area (Å²) in [6, 6.07) is 18.6. The van der Waals surface area contributed by atoms with E-state index in [1.54, 1.807) is 0 Å². The van der Waals surface area contributed by atoms with Crippen LogP contribution in [0.3, 0.4) is 0 Å². The van der Waals surface area contributed by atoms with Crippen molar-refractivity contribution in [1.29, 1.82) is 0 Å². The van der Waals surface area contributed by atoms with Crippen LogP contribution >= 0.6 is 11.3 Å². The fourth-order valence-corrected chi connectivity index (χ4v) is 4.55. The summed E-state index contributed by atoms with van der Waals surface area (Å²) in [5.41, 5.74) is 3.00. The normalized spacial score (nSPS) is 14.9. The highest BCUT2D eigenvalue weighted by Crippen LogP contribution is 2.28. The van der Waals surface area contributed by atoms with Crippen LogP contribution in [0.2, 0.25) is 0 Å². The molecule has 0 spiro atoms. The molecule has 4 heterocycles. The Morgan fingerprint density at radius 3 is 2.40 bits per heavy atom. The third kappa shape index (κ3) is 6.80. The van der Waals surface area contributed by atoms with E-state index in [-0.39, 0.29) is 0 Å². The number of hydrogen-bond acceptors (Lipinski definition) is 6. The van der Waals surface area contributed by atoms with Gasteiger partial charge in [-0.15, -0.1) is 11.3 Å². The van der Waals surface area contributed by atoms with Crippen LogP contribution < -0.4 is 5.32 Å². The number of anilines is 2. The number of carboxylic acid groups (broad SMARTS) is 1. The zero-order chi connectivity index (χ0) is 24.8. The Bertz CT molecular complexity index is 1240. The van der Waals surface area contributed by atoms with Crippen LogP contribution in [0.5, 0.6) is 0 Å². The topological polar surface area (TPSA) is 82.8 Å². The van der Waals surface area contributed by atoms with Crippen molar-refractivity contribution in [3.05, 3.63) is 76.9 Å². The van der Waals surface area contributed by atoms with Crippen LogP contribution in [-0.4, -0.2) is 49.8 Å². The molecule has 0 aliphatic carbocycles. The van der Waals surface area contributed by atoms with Gasteiger partial charge in [-0.3, -0.25) is 4.90 Å². The fourth-order valence-electron chi connectivity index (χ4n) is 3.81. The lowest BCUT2D eigenvalue weighted by molar-refractivity contribution is -0.192. The summed E-state index contributed by atoms with van der Waals surface area (Å²) in [5, 5.41) is 17.5. The first-order chi connectivity index (χ1) is 16.8. The van der Waals surface area contributed by atoms with Crippen molar-refractivity contribution >= 4 is 34.3 Å². The Kier molecular flexibility index (Phi) is 7.67. The number of rotatable bonds is 5. The number of aliphatic carboxylic acids is 1. The second-order valence-electron chi connectivity index (χ2n) is 8.11. The molecule has 0 radical (unpaired) electrons. The number of piperidine rings is 1. The maximum absolute atomic E-state index is 10.6. The highest BCUT2D eigenvalue weighted by atomic mass is 32.1. The average molecular weight is 504 g/mol. The predicted octanol–water partition coefficient (Wildman–Crippen LogP) is 5.55. The summed E-state index contributed by atoms with van der Waals surface area (Å²) in [4.78, 5) is 17.7. The highest BCUT2D eigenvalue weighted by Gasteiger charge is 2.38. The Hall–Kier alpha value is -3.44. The molecule has 0 unspecified atom stereocenters. The van der Waals surface area contributed by atoms with Gasteiger partial charge in [-0.25, -0.2) is 14.3 Å². The van der Waals surface area contributed by atoms with E-state index in [2.05, 4.69) is 45.9 Å². The number of halogens is 3. The van der Waals surface area contributed by atoms with Crippen LogP contribution in [0.1, 0.15) is 29.5 Å². The summed E-state index contributed by atoms with van der Waals surface area (Å²) in [5.74, 6) is -1.33. The Morgan fingerprint density at radius 2 is 1.77 bits per heavy atom. The van der Waals surface area contributed by atoms with Crippen molar-refractivity contribution < 1.29 is 23.1 Å². The number of hydrogen-bond donors (Lipinski definition) is 2. The largest absolute Gasteiger partial charge is 0.490 e. The molecule has 2 N–H and O–H groups in total. The monoisotopic (exact) mass is 503 g/mol. The van der Waals surface area contributed by atoms with E-state index in [0.29, 0.717) is 5.92 Å². The van der Waals surface area contributed by atoms with Gasteiger partial charge in [-0.05, 0) is 61.6 Å². The Balaban J connectivity index is 0.000000364. The van der Waals surface area contributed by atoms with E-state index in [1.165, 1.54) is 4.88 Å². The van der Waals surface area contributed by atoms with Gasteiger partial charge < -0.3 is 10.4 Å². The number of fused-ring (bicyclic) bond motifs is 1. The molecule has 1 aromatic carbocycles. The number of thiophene rings is 1. The smallest absolute Gasteiger partial charge is 0.475 e. The number of nitrogens with zero attached hydrogens (tertiary/aromatic N) is 4. The molecule has 3 aromatic heterocycles. The van der Waals surface area contributed by atoms with E-state index in [0.717, 1.165) is 55.3 Å². The quantitative estimate of drug-likeness (QED) is 0.372. The van der Waals surface area contributed by atoms with Gasteiger partial charge in [0, 0.05) is 23.0 Å². The molecule has 5 rings (SSSR count). The minimum atomic E-state index is -5.08. The summed E-state index contributed by atoms with van der Waals surface area (Å²) in [7, 11) is 0. The third-order valence-corrected chi connectivity index (χ3v) is 6.43. The Labute approximate surface area is 203 Å². The number of para-hydroxylation sites is 1. The standard InChI is InChI=1S/C22H23N5S.C2HF3O2/c1-2-5-18(6-3-1)23-19-8-9-21-24-22(25-27(21)15-19)17-10-12-26(13-11-17)16-20-7-4-14-28-20;3-2(4,5)1(6)7/h1-9,14-15,17,23H,10-13,16H2;(H,6,7). The molecular weight excluding hydrogens is 479 g/mol. The van der Waals surface area contributed by atoms with Gasteiger partial charge in [0.05, 0.1) is 11.9 Å². The Morgan fingerprint density at radius 1 is 1.06 bits per heavy atom. The number of benzene rings is 1. The first-order valence-electron chi connectivity index (χ1n) is 11.0. The van der Waals surface area contributed by atoms with Crippen molar-refractivity contribution in [2.75, 3.05) is 18.4 Å². The minimum Gasteiger partial charge on any atom is -0.475 e. The van der Waals surface area contributed by atoms with Gasteiger partial charge in [0.25, 0.3) is 0 Å². The number of carbonyl (C=O) groups is 1. The van der Waals surface area contributed by atoms with Gasteiger partial charge in [0.1, 0.15) is 0 Å². The van der Waals surface area contributed by atoms with Crippen molar-refractivity contribution in [1.82, 2.24) is 19.5 Å². The van der Waals surface area contributed by atoms with Crippen LogP contribution in [0, 0.1) is 0 Å². The molecule has 1 saturated heterocycles. The maximum atomic E-state index is 10.6. The molecule has 35 heavy (non-hydrogen) atoms. The van der Waals surface area contributed by atoms with Gasteiger partial charge in [-0.1, -0.05) is 24.3 Å². The van der Waals surface area contributed by atoms with Gasteiger partial charge in [0.2, 0.25) is 0 Å². The molecule has 0 atom stereocenters. The first-order valence-corrected chi connectivity index (χ1v) is 11.9. The summed E-state index contributed by atoms with van der Waals surface area (Å²) in [6.07, 6.45) is -0.820. The lowest BCUT2D eigenvalue weighted by Gasteiger charge is -2.30. The molecule has 4 aromatic rings. The number of likely N-dealkylation sites (tertiary alicyclic amines) is 1. The molecule has 0 bridgehead atoms. The molecule has 11 heteroatoms. The second kappa shape index (κ2) is 10.9. The van der Waals surface area contributed by atoms with Crippen LogP contribution in [0.25, 0.3) is 5.65 Å². The summed E-state index contributed by atoms with van der Waals surface area (Å²) < 4.78 is 33.6. The first kappa shape index (κ1) is 24.7. The lowest BCUT2D eigenvalue weighted by atomic mass is 9.96. The van der Waals surface area contributed by atoms with Crippen molar-refractivity contribution in [2.45, 2.75) is 31.5 Å². The minimum absolute atomic E-state index is 0.449.